The molecule has 2 aromatic carbocycles. The van der Waals surface area contributed by atoms with Gasteiger partial charge in [-0.1, -0.05) is 0 Å². The van der Waals surface area contributed by atoms with Gasteiger partial charge in [0.05, 0.1) is 16.8 Å². The molecule has 0 spiro atoms. The zero-order valence-corrected chi connectivity index (χ0v) is 10.4. The van der Waals surface area contributed by atoms with Gasteiger partial charge >= 0.3 is 0 Å². The van der Waals surface area contributed by atoms with Crippen LogP contribution in [0.2, 0.25) is 0 Å². The molecule has 0 unspecified atom stereocenters. The molecular formula is C14H11FN4O. The van der Waals surface area contributed by atoms with E-state index in [0.717, 1.165) is 6.07 Å². The van der Waals surface area contributed by atoms with Crippen LogP contribution in [-0.2, 0) is 0 Å². The van der Waals surface area contributed by atoms with Crippen LogP contribution in [0, 0.1) is 17.1 Å². The molecule has 0 aromatic heterocycles. The van der Waals surface area contributed by atoms with Gasteiger partial charge in [0, 0.05) is 11.4 Å². The van der Waals surface area contributed by atoms with E-state index in [0.29, 0.717) is 17.1 Å². The van der Waals surface area contributed by atoms with E-state index in [4.69, 9.17) is 16.7 Å². The van der Waals surface area contributed by atoms with Crippen molar-refractivity contribution in [2.24, 2.45) is 5.73 Å². The number of nitriles is 1. The summed E-state index contributed by atoms with van der Waals surface area (Å²) in [5, 5.41) is 11.7. The van der Waals surface area contributed by atoms with Crippen LogP contribution in [-0.4, -0.2) is 5.91 Å². The molecule has 2 aromatic rings. The number of rotatable bonds is 3. The number of nitrogens with two attached hydrogens (primary N) is 2. The van der Waals surface area contributed by atoms with Gasteiger partial charge in [0.1, 0.15) is 11.9 Å². The minimum absolute atomic E-state index is 0.0977. The molecule has 0 aliphatic heterocycles. The van der Waals surface area contributed by atoms with Crippen LogP contribution >= 0.6 is 0 Å². The Labute approximate surface area is 114 Å². The van der Waals surface area contributed by atoms with Crippen molar-refractivity contribution in [1.29, 1.82) is 5.26 Å². The normalized spacial score (nSPS) is 9.80. The summed E-state index contributed by atoms with van der Waals surface area (Å²) in [6.07, 6.45) is 0. The fraction of sp³-hybridized carbons (Fsp3) is 0. The van der Waals surface area contributed by atoms with Crippen LogP contribution < -0.4 is 16.8 Å². The van der Waals surface area contributed by atoms with Gasteiger partial charge in [-0.15, -0.1) is 0 Å². The quantitative estimate of drug-likeness (QED) is 0.743. The zero-order valence-electron chi connectivity index (χ0n) is 10.4. The smallest absolute Gasteiger partial charge is 0.250 e. The van der Waals surface area contributed by atoms with Crippen LogP contribution in [0.5, 0.6) is 0 Å². The van der Waals surface area contributed by atoms with Gasteiger partial charge in [-0.25, -0.2) is 4.39 Å². The summed E-state index contributed by atoms with van der Waals surface area (Å²) in [4.78, 5) is 11.3. The Morgan fingerprint density at radius 3 is 2.65 bits per heavy atom. The average Bonchev–Trinajstić information content (AvgIpc) is 2.40. The topological polar surface area (TPSA) is 105 Å². The first-order chi connectivity index (χ1) is 9.51. The van der Waals surface area contributed by atoms with Crippen LogP contribution in [0.15, 0.2) is 36.4 Å². The van der Waals surface area contributed by atoms with Gasteiger partial charge in [0.2, 0.25) is 0 Å². The molecule has 6 heteroatoms. The molecule has 0 heterocycles. The number of primary amides is 1. The maximum absolute atomic E-state index is 13.2. The van der Waals surface area contributed by atoms with Crippen LogP contribution in [0.25, 0.3) is 0 Å². The second-order valence-corrected chi connectivity index (χ2v) is 4.10. The number of hydrogen-bond donors (Lipinski definition) is 3. The van der Waals surface area contributed by atoms with E-state index in [1.807, 2.05) is 0 Å². The van der Waals surface area contributed by atoms with E-state index in [9.17, 15) is 9.18 Å². The van der Waals surface area contributed by atoms with E-state index >= 15 is 0 Å². The third-order valence-corrected chi connectivity index (χ3v) is 2.67. The first kappa shape index (κ1) is 13.4. The molecular weight excluding hydrogens is 259 g/mol. The van der Waals surface area contributed by atoms with Crippen molar-refractivity contribution in [1.82, 2.24) is 0 Å². The lowest BCUT2D eigenvalue weighted by Crippen LogP contribution is -2.13. The molecule has 0 fully saturated rings. The Morgan fingerprint density at radius 1 is 1.25 bits per heavy atom. The first-order valence-corrected chi connectivity index (χ1v) is 5.67. The van der Waals surface area contributed by atoms with Crippen molar-refractivity contribution >= 4 is 23.0 Å². The van der Waals surface area contributed by atoms with Crippen molar-refractivity contribution in [3.05, 3.63) is 53.3 Å². The van der Waals surface area contributed by atoms with E-state index in [-0.39, 0.29) is 11.1 Å². The van der Waals surface area contributed by atoms with Gasteiger partial charge in [-0.05, 0) is 36.4 Å². The third-order valence-electron chi connectivity index (χ3n) is 2.67. The maximum Gasteiger partial charge on any atom is 0.250 e. The van der Waals surface area contributed by atoms with Crippen LogP contribution in [0.1, 0.15) is 15.9 Å². The molecule has 1 amide bonds. The number of nitrogen functional groups attached to an aromatic ring is 1. The highest BCUT2D eigenvalue weighted by molar-refractivity contribution is 5.99. The number of benzene rings is 2. The highest BCUT2D eigenvalue weighted by atomic mass is 19.1. The molecule has 0 saturated carbocycles. The molecule has 20 heavy (non-hydrogen) atoms. The lowest BCUT2D eigenvalue weighted by atomic mass is 10.1. The second kappa shape index (κ2) is 5.28. The van der Waals surface area contributed by atoms with Crippen molar-refractivity contribution < 1.29 is 9.18 Å². The number of anilines is 3. The monoisotopic (exact) mass is 270 g/mol. The van der Waals surface area contributed by atoms with Crippen molar-refractivity contribution in [3.8, 4) is 6.07 Å². The summed E-state index contributed by atoms with van der Waals surface area (Å²) in [6.45, 7) is 0. The third kappa shape index (κ3) is 2.67. The van der Waals surface area contributed by atoms with Gasteiger partial charge < -0.3 is 16.8 Å². The molecule has 0 radical (unpaired) electrons. The van der Waals surface area contributed by atoms with Gasteiger partial charge in [-0.2, -0.15) is 5.26 Å². The number of hydrogen-bond acceptors (Lipinski definition) is 4. The largest absolute Gasteiger partial charge is 0.399 e. The average molecular weight is 270 g/mol. The Balaban J connectivity index is 2.42. The summed E-state index contributed by atoms with van der Waals surface area (Å²) < 4.78 is 13.2. The Kier molecular flexibility index (Phi) is 3.53. The number of carbonyl (C=O) groups excluding carboxylic acids is 1. The fourth-order valence-corrected chi connectivity index (χ4v) is 1.72. The zero-order chi connectivity index (χ0) is 14.7. The first-order valence-electron chi connectivity index (χ1n) is 5.67. The predicted molar refractivity (Wildman–Crippen MR) is 73.8 cm³/mol. The van der Waals surface area contributed by atoms with Gasteiger partial charge in [-0.3, -0.25) is 4.79 Å². The Bertz CT molecular complexity index is 722. The van der Waals surface area contributed by atoms with Crippen LogP contribution in [0.4, 0.5) is 21.5 Å². The minimum atomic E-state index is -0.616. The molecule has 5 N–H and O–H groups in total. The molecule has 0 aliphatic carbocycles. The summed E-state index contributed by atoms with van der Waals surface area (Å²) in [5.74, 6) is -1.23. The summed E-state index contributed by atoms with van der Waals surface area (Å²) in [6, 6.07) is 10.3. The lowest BCUT2D eigenvalue weighted by Gasteiger charge is -2.11. The molecule has 0 bridgehead atoms. The molecule has 5 nitrogen and oxygen atoms in total. The second-order valence-electron chi connectivity index (χ2n) is 4.10. The van der Waals surface area contributed by atoms with Crippen LogP contribution in [0.3, 0.4) is 0 Å². The number of nitrogens with zero attached hydrogens (tertiary/aromatic N) is 1. The SMILES string of the molecule is N#Cc1cc(Nc2cc(N)ccc2C(N)=O)ccc1F. The minimum Gasteiger partial charge on any atom is -0.399 e. The molecule has 2 rings (SSSR count). The summed E-state index contributed by atoms with van der Waals surface area (Å²) in [7, 11) is 0. The molecule has 100 valence electrons. The maximum atomic E-state index is 13.2. The van der Waals surface area contributed by atoms with Crippen molar-refractivity contribution in [2.75, 3.05) is 11.1 Å². The molecule has 0 atom stereocenters. The number of halogens is 1. The highest BCUT2D eigenvalue weighted by Gasteiger charge is 2.10. The number of nitrogens with one attached hydrogen (secondary N) is 1. The highest BCUT2D eigenvalue weighted by Crippen LogP contribution is 2.24. The van der Waals surface area contributed by atoms with E-state index < -0.39 is 11.7 Å². The molecule has 0 aliphatic rings. The van der Waals surface area contributed by atoms with Crippen molar-refractivity contribution in [2.45, 2.75) is 0 Å². The Hall–Kier alpha value is -3.07. The molecule has 0 saturated heterocycles. The fourth-order valence-electron chi connectivity index (χ4n) is 1.72. The van der Waals surface area contributed by atoms with E-state index in [1.54, 1.807) is 12.1 Å². The lowest BCUT2D eigenvalue weighted by molar-refractivity contribution is 0.100. The summed E-state index contributed by atoms with van der Waals surface area (Å²) >= 11 is 0. The van der Waals surface area contributed by atoms with Gasteiger partial charge in [0.15, 0.2) is 0 Å². The van der Waals surface area contributed by atoms with E-state index in [2.05, 4.69) is 5.32 Å². The van der Waals surface area contributed by atoms with E-state index in [1.165, 1.54) is 24.3 Å². The standard InChI is InChI=1S/C14H11FN4O/c15-12-4-2-10(5-8(12)7-16)19-13-6-9(17)1-3-11(13)14(18)20/h1-6,19H,17H2,(H2,18,20). The van der Waals surface area contributed by atoms with Crippen molar-refractivity contribution in [3.63, 3.8) is 0 Å². The Morgan fingerprint density at radius 2 is 2.00 bits per heavy atom. The van der Waals surface area contributed by atoms with Gasteiger partial charge in [0.25, 0.3) is 5.91 Å². The number of amides is 1. The number of carbonyl (C=O) groups is 1. The summed E-state index contributed by atoms with van der Waals surface area (Å²) in [5.41, 5.74) is 12.4. The predicted octanol–water partition coefficient (Wildman–Crippen LogP) is 2.12.